The molecule has 1 aliphatic rings. The highest BCUT2D eigenvalue weighted by molar-refractivity contribution is 5.42. The van der Waals surface area contributed by atoms with Gasteiger partial charge in [0.15, 0.2) is 11.5 Å². The lowest BCUT2D eigenvalue weighted by molar-refractivity contribution is 0.254. The molecule has 118 valence electrons. The number of nitrogens with zero attached hydrogens (tertiary/aromatic N) is 1. The van der Waals surface area contributed by atoms with Crippen molar-refractivity contribution in [2.24, 2.45) is 0 Å². The first-order valence-electron chi connectivity index (χ1n) is 8.06. The number of nitrogens with one attached hydrogen (secondary N) is 1. The normalized spacial score (nSPS) is 15.3. The predicted octanol–water partition coefficient (Wildman–Crippen LogP) is 2.67. The Labute approximate surface area is 128 Å². The molecule has 0 spiro atoms. The fourth-order valence-electron chi connectivity index (χ4n) is 2.69. The van der Waals surface area contributed by atoms with Gasteiger partial charge < -0.3 is 19.7 Å². The Kier molecular flexibility index (Phi) is 6.83. The van der Waals surface area contributed by atoms with Gasteiger partial charge in [0.1, 0.15) is 0 Å². The fraction of sp³-hybridized carbons (Fsp3) is 0.647. The van der Waals surface area contributed by atoms with Crippen molar-refractivity contribution in [3.8, 4) is 11.5 Å². The van der Waals surface area contributed by atoms with Gasteiger partial charge in [0.05, 0.1) is 13.7 Å². The van der Waals surface area contributed by atoms with Gasteiger partial charge in [-0.05, 0) is 56.6 Å². The van der Waals surface area contributed by atoms with Crippen molar-refractivity contribution in [1.29, 1.82) is 0 Å². The Hall–Kier alpha value is -1.26. The molecule has 0 saturated carbocycles. The molecule has 1 aromatic carbocycles. The Morgan fingerprint density at radius 2 is 2.00 bits per heavy atom. The number of likely N-dealkylation sites (tertiary alicyclic amines) is 1. The topological polar surface area (TPSA) is 33.7 Å². The monoisotopic (exact) mass is 292 g/mol. The third-order valence-electron chi connectivity index (χ3n) is 3.88. The Morgan fingerprint density at radius 1 is 1.19 bits per heavy atom. The molecule has 0 unspecified atom stereocenters. The molecule has 4 nitrogen and oxygen atoms in total. The van der Waals surface area contributed by atoms with E-state index < -0.39 is 0 Å². The van der Waals surface area contributed by atoms with E-state index in [0.29, 0.717) is 0 Å². The molecule has 1 saturated heterocycles. The van der Waals surface area contributed by atoms with Crippen molar-refractivity contribution in [3.63, 3.8) is 0 Å². The predicted molar refractivity (Wildman–Crippen MR) is 86.2 cm³/mol. The van der Waals surface area contributed by atoms with E-state index in [1.165, 1.54) is 31.5 Å². The lowest BCUT2D eigenvalue weighted by Crippen LogP contribution is -2.22. The summed E-state index contributed by atoms with van der Waals surface area (Å²) in [6.07, 6.45) is 3.77. The van der Waals surface area contributed by atoms with E-state index in [0.717, 1.165) is 44.2 Å². The van der Waals surface area contributed by atoms with Crippen LogP contribution in [-0.2, 0) is 6.54 Å². The van der Waals surface area contributed by atoms with Crippen LogP contribution in [0.2, 0.25) is 0 Å². The zero-order valence-electron chi connectivity index (χ0n) is 13.4. The van der Waals surface area contributed by atoms with E-state index >= 15 is 0 Å². The second-order valence-corrected chi connectivity index (χ2v) is 5.52. The van der Waals surface area contributed by atoms with Crippen LogP contribution in [-0.4, -0.2) is 44.8 Å². The van der Waals surface area contributed by atoms with Crippen molar-refractivity contribution in [3.05, 3.63) is 23.8 Å². The zero-order valence-corrected chi connectivity index (χ0v) is 13.4. The third kappa shape index (κ3) is 5.21. The van der Waals surface area contributed by atoms with Crippen LogP contribution >= 0.6 is 0 Å². The Bertz CT molecular complexity index is 417. The van der Waals surface area contributed by atoms with Crippen LogP contribution in [0.25, 0.3) is 0 Å². The second-order valence-electron chi connectivity index (χ2n) is 5.52. The maximum Gasteiger partial charge on any atom is 0.161 e. The summed E-state index contributed by atoms with van der Waals surface area (Å²) in [6.45, 7) is 8.34. The molecule has 1 aromatic rings. The number of ether oxygens (including phenoxy) is 2. The van der Waals surface area contributed by atoms with Gasteiger partial charge >= 0.3 is 0 Å². The molecule has 2 rings (SSSR count). The van der Waals surface area contributed by atoms with Gasteiger partial charge in [0.25, 0.3) is 0 Å². The molecular weight excluding hydrogens is 264 g/mol. The molecular formula is C17H28N2O2. The fourth-order valence-corrected chi connectivity index (χ4v) is 2.69. The van der Waals surface area contributed by atoms with Crippen molar-refractivity contribution in [1.82, 2.24) is 10.2 Å². The summed E-state index contributed by atoms with van der Waals surface area (Å²) in [5, 5.41) is 3.33. The van der Waals surface area contributed by atoms with E-state index in [1.807, 2.05) is 6.07 Å². The zero-order chi connectivity index (χ0) is 14.9. The molecule has 1 aliphatic heterocycles. The highest BCUT2D eigenvalue weighted by atomic mass is 16.5. The number of rotatable bonds is 9. The molecule has 0 radical (unpaired) electrons. The summed E-state index contributed by atoms with van der Waals surface area (Å²) in [7, 11) is 1.69. The van der Waals surface area contributed by atoms with E-state index in [1.54, 1.807) is 7.11 Å². The molecule has 21 heavy (non-hydrogen) atoms. The minimum absolute atomic E-state index is 0.748. The van der Waals surface area contributed by atoms with Crippen molar-refractivity contribution < 1.29 is 9.47 Å². The van der Waals surface area contributed by atoms with Gasteiger partial charge in [-0.15, -0.1) is 0 Å². The van der Waals surface area contributed by atoms with Gasteiger partial charge in [-0.3, -0.25) is 0 Å². The van der Waals surface area contributed by atoms with E-state index in [4.69, 9.17) is 9.47 Å². The van der Waals surface area contributed by atoms with Crippen LogP contribution in [0.15, 0.2) is 18.2 Å². The Morgan fingerprint density at radius 3 is 2.71 bits per heavy atom. The van der Waals surface area contributed by atoms with Crippen molar-refractivity contribution in [2.45, 2.75) is 32.7 Å². The highest BCUT2D eigenvalue weighted by Gasteiger charge is 2.11. The molecule has 0 amide bonds. The maximum absolute atomic E-state index is 5.93. The van der Waals surface area contributed by atoms with Crippen LogP contribution < -0.4 is 14.8 Å². The van der Waals surface area contributed by atoms with Gasteiger partial charge in [0, 0.05) is 13.1 Å². The van der Waals surface area contributed by atoms with E-state index in [9.17, 15) is 0 Å². The maximum atomic E-state index is 5.93. The van der Waals surface area contributed by atoms with Gasteiger partial charge in [-0.2, -0.15) is 0 Å². The number of methoxy groups -OCH3 is 1. The first kappa shape index (κ1) is 16.1. The van der Waals surface area contributed by atoms with Crippen LogP contribution in [0, 0.1) is 0 Å². The molecule has 0 bridgehead atoms. The van der Waals surface area contributed by atoms with Crippen LogP contribution in [0.4, 0.5) is 0 Å². The number of hydrogen-bond donors (Lipinski definition) is 1. The largest absolute Gasteiger partial charge is 0.493 e. The van der Waals surface area contributed by atoms with Gasteiger partial charge in [-0.25, -0.2) is 0 Å². The number of benzene rings is 1. The first-order valence-corrected chi connectivity index (χ1v) is 8.06. The van der Waals surface area contributed by atoms with Gasteiger partial charge in [-0.1, -0.05) is 13.0 Å². The minimum Gasteiger partial charge on any atom is -0.493 e. The molecule has 1 fully saturated rings. The number of hydrogen-bond acceptors (Lipinski definition) is 4. The average Bonchev–Trinajstić information content (AvgIpc) is 3.03. The molecule has 1 heterocycles. The van der Waals surface area contributed by atoms with Crippen LogP contribution in [0.3, 0.4) is 0 Å². The van der Waals surface area contributed by atoms with Crippen molar-refractivity contribution >= 4 is 0 Å². The van der Waals surface area contributed by atoms with Crippen LogP contribution in [0.1, 0.15) is 31.7 Å². The molecule has 0 aliphatic carbocycles. The molecule has 0 aromatic heterocycles. The summed E-state index contributed by atoms with van der Waals surface area (Å²) in [4.78, 5) is 2.52. The van der Waals surface area contributed by atoms with E-state index in [-0.39, 0.29) is 0 Å². The standard InChI is InChI=1S/C17H28N2O2/c1-3-18-14-15-7-8-16(20-2)17(13-15)21-12-6-11-19-9-4-5-10-19/h7-8,13,18H,3-6,9-12,14H2,1-2H3. The SMILES string of the molecule is CCNCc1ccc(OC)c(OCCCN2CCCC2)c1. The molecule has 1 N–H and O–H groups in total. The third-order valence-corrected chi connectivity index (χ3v) is 3.88. The van der Waals surface area contributed by atoms with Gasteiger partial charge in [0.2, 0.25) is 0 Å². The Balaban J connectivity index is 1.81. The van der Waals surface area contributed by atoms with E-state index in [2.05, 4.69) is 29.3 Å². The smallest absolute Gasteiger partial charge is 0.161 e. The molecule has 4 heteroatoms. The summed E-state index contributed by atoms with van der Waals surface area (Å²) in [5.74, 6) is 1.67. The summed E-state index contributed by atoms with van der Waals surface area (Å²) >= 11 is 0. The average molecular weight is 292 g/mol. The van der Waals surface area contributed by atoms with Crippen molar-refractivity contribution in [2.75, 3.05) is 39.9 Å². The lowest BCUT2D eigenvalue weighted by atomic mass is 10.2. The summed E-state index contributed by atoms with van der Waals surface area (Å²) in [5.41, 5.74) is 1.23. The van der Waals surface area contributed by atoms with Crippen LogP contribution in [0.5, 0.6) is 11.5 Å². The summed E-state index contributed by atoms with van der Waals surface area (Å²) in [6, 6.07) is 6.15. The lowest BCUT2D eigenvalue weighted by Gasteiger charge is -2.16. The molecule has 0 atom stereocenters. The minimum atomic E-state index is 0.748. The quantitative estimate of drug-likeness (QED) is 0.710. The highest BCUT2D eigenvalue weighted by Crippen LogP contribution is 2.28. The first-order chi connectivity index (χ1) is 10.3. The second kappa shape index (κ2) is 8.90. The summed E-state index contributed by atoms with van der Waals surface area (Å²) < 4.78 is 11.3.